The summed E-state index contributed by atoms with van der Waals surface area (Å²) in [5.41, 5.74) is 1.32. The van der Waals surface area contributed by atoms with Crippen LogP contribution in [0.5, 0.6) is 0 Å². The van der Waals surface area contributed by atoms with E-state index in [4.69, 9.17) is 0 Å². The molecule has 26 heavy (non-hydrogen) atoms. The second-order valence-electron chi connectivity index (χ2n) is 6.14. The maximum absolute atomic E-state index is 13.4. The van der Waals surface area contributed by atoms with Gasteiger partial charge in [-0.15, -0.1) is 5.10 Å². The Hall–Kier alpha value is -3.10. The Morgan fingerprint density at radius 3 is 2.69 bits per heavy atom. The van der Waals surface area contributed by atoms with Crippen LogP contribution in [0.3, 0.4) is 0 Å². The minimum absolute atomic E-state index is 0.203. The zero-order chi connectivity index (χ0) is 18.1. The second-order valence-corrected chi connectivity index (χ2v) is 6.14. The number of halogens is 2. The molecule has 1 N–H and O–H groups in total. The molecule has 1 fully saturated rings. The Morgan fingerprint density at radius 1 is 1.15 bits per heavy atom. The second kappa shape index (κ2) is 6.32. The van der Waals surface area contributed by atoms with Crippen LogP contribution in [0.15, 0.2) is 42.9 Å². The van der Waals surface area contributed by atoms with Crippen LogP contribution in [0.25, 0.3) is 5.65 Å². The number of carbonyl (C=O) groups is 1. The minimum atomic E-state index is -2.62. The summed E-state index contributed by atoms with van der Waals surface area (Å²) in [6.07, 6.45) is 4.17. The number of fused-ring (bicyclic) bond motifs is 1. The van der Waals surface area contributed by atoms with E-state index in [1.54, 1.807) is 35.4 Å². The van der Waals surface area contributed by atoms with Gasteiger partial charge in [-0.25, -0.2) is 18.3 Å². The molecule has 0 radical (unpaired) electrons. The van der Waals surface area contributed by atoms with E-state index in [1.165, 1.54) is 16.9 Å². The molecule has 1 aliphatic heterocycles. The van der Waals surface area contributed by atoms with E-state index < -0.39 is 5.92 Å². The fourth-order valence-electron chi connectivity index (χ4n) is 2.88. The van der Waals surface area contributed by atoms with Gasteiger partial charge in [0.25, 0.3) is 11.8 Å². The molecule has 0 atom stereocenters. The van der Waals surface area contributed by atoms with E-state index in [2.05, 4.69) is 20.4 Å². The van der Waals surface area contributed by atoms with Crippen molar-refractivity contribution in [3.8, 4) is 0 Å². The molecule has 3 aromatic rings. The molecule has 0 saturated carbocycles. The third-order valence-corrected chi connectivity index (χ3v) is 4.32. The molecule has 4 rings (SSSR count). The van der Waals surface area contributed by atoms with Crippen molar-refractivity contribution in [1.82, 2.24) is 19.6 Å². The molecule has 1 aliphatic rings. The van der Waals surface area contributed by atoms with Crippen molar-refractivity contribution in [3.05, 3.63) is 48.5 Å². The van der Waals surface area contributed by atoms with E-state index in [-0.39, 0.29) is 37.5 Å². The van der Waals surface area contributed by atoms with Gasteiger partial charge >= 0.3 is 0 Å². The van der Waals surface area contributed by atoms with Crippen LogP contribution < -0.4 is 10.2 Å². The summed E-state index contributed by atoms with van der Waals surface area (Å²) >= 11 is 0. The summed E-state index contributed by atoms with van der Waals surface area (Å²) < 4.78 is 28.1. The van der Waals surface area contributed by atoms with Crippen molar-refractivity contribution >= 4 is 23.1 Å². The highest BCUT2D eigenvalue weighted by atomic mass is 19.3. The van der Waals surface area contributed by atoms with Crippen LogP contribution in [0, 0.1) is 0 Å². The van der Waals surface area contributed by atoms with Gasteiger partial charge in [0.1, 0.15) is 5.82 Å². The Kier molecular flexibility index (Phi) is 3.98. The van der Waals surface area contributed by atoms with Gasteiger partial charge in [0.05, 0.1) is 18.1 Å². The van der Waals surface area contributed by atoms with Crippen molar-refractivity contribution in [2.75, 3.05) is 23.3 Å². The molecular formula is C17H16F2N6O. The number of hydrogen-bond acceptors (Lipinski definition) is 5. The standard InChI is InChI=1S/C17H16F2N6O/c18-17(19)5-8-24(9-6-17)15-4-3-14-21-11-13(25(14)23-15)16(26)22-12-2-1-7-20-10-12/h1-4,7,10-11H,5-6,8-9H2,(H,22,26). The quantitative estimate of drug-likeness (QED) is 0.779. The first-order chi connectivity index (χ1) is 12.5. The summed E-state index contributed by atoms with van der Waals surface area (Å²) in [5.74, 6) is -2.45. The molecular weight excluding hydrogens is 342 g/mol. The number of nitrogens with zero attached hydrogens (tertiary/aromatic N) is 5. The molecule has 7 nitrogen and oxygen atoms in total. The first-order valence-corrected chi connectivity index (χ1v) is 8.21. The van der Waals surface area contributed by atoms with Crippen molar-refractivity contribution in [1.29, 1.82) is 0 Å². The number of hydrogen-bond donors (Lipinski definition) is 1. The van der Waals surface area contributed by atoms with Crippen LogP contribution in [-0.2, 0) is 0 Å². The number of carbonyl (C=O) groups excluding carboxylic acids is 1. The van der Waals surface area contributed by atoms with Crippen molar-refractivity contribution < 1.29 is 13.6 Å². The van der Waals surface area contributed by atoms with Crippen LogP contribution in [0.2, 0.25) is 0 Å². The molecule has 4 heterocycles. The third-order valence-electron chi connectivity index (χ3n) is 4.32. The van der Waals surface area contributed by atoms with Gasteiger partial charge in [-0.05, 0) is 24.3 Å². The van der Waals surface area contributed by atoms with Gasteiger partial charge in [-0.3, -0.25) is 9.78 Å². The van der Waals surface area contributed by atoms with Gasteiger partial charge in [0.15, 0.2) is 11.3 Å². The highest BCUT2D eigenvalue weighted by molar-refractivity contribution is 6.03. The average Bonchev–Trinajstić information content (AvgIpc) is 3.06. The highest BCUT2D eigenvalue weighted by Crippen LogP contribution is 2.29. The lowest BCUT2D eigenvalue weighted by Gasteiger charge is -2.32. The Bertz CT molecular complexity index is 933. The number of pyridine rings is 1. The molecule has 134 valence electrons. The predicted octanol–water partition coefficient (Wildman–Crippen LogP) is 2.61. The fourth-order valence-corrected chi connectivity index (χ4v) is 2.88. The molecule has 0 bridgehead atoms. The number of piperidine rings is 1. The number of aromatic nitrogens is 4. The van der Waals surface area contributed by atoms with Gasteiger partial charge in [0.2, 0.25) is 0 Å². The van der Waals surface area contributed by atoms with Crippen molar-refractivity contribution in [3.63, 3.8) is 0 Å². The lowest BCUT2D eigenvalue weighted by molar-refractivity contribution is -0.0221. The molecule has 0 unspecified atom stereocenters. The fraction of sp³-hybridized carbons (Fsp3) is 0.294. The van der Waals surface area contributed by atoms with E-state index in [0.29, 0.717) is 17.2 Å². The molecule has 1 amide bonds. The average molecular weight is 358 g/mol. The first-order valence-electron chi connectivity index (χ1n) is 8.21. The van der Waals surface area contributed by atoms with E-state index in [1.807, 2.05) is 0 Å². The molecule has 0 aromatic carbocycles. The predicted molar refractivity (Wildman–Crippen MR) is 91.6 cm³/mol. The number of imidazole rings is 1. The monoisotopic (exact) mass is 358 g/mol. The number of amides is 1. The summed E-state index contributed by atoms with van der Waals surface area (Å²) in [6.45, 7) is 0.439. The zero-order valence-corrected chi connectivity index (χ0v) is 13.8. The topological polar surface area (TPSA) is 75.4 Å². The van der Waals surface area contributed by atoms with E-state index in [0.717, 1.165) is 0 Å². The normalized spacial score (nSPS) is 16.6. The SMILES string of the molecule is O=C(Nc1cccnc1)c1cnc2ccc(N3CCC(F)(F)CC3)nn12. The van der Waals surface area contributed by atoms with Gasteiger partial charge < -0.3 is 10.2 Å². The number of rotatable bonds is 3. The van der Waals surface area contributed by atoms with Crippen LogP contribution in [-0.4, -0.2) is 44.5 Å². The third kappa shape index (κ3) is 3.19. The zero-order valence-electron chi connectivity index (χ0n) is 13.8. The Balaban J connectivity index is 1.60. The van der Waals surface area contributed by atoms with Crippen molar-refractivity contribution in [2.24, 2.45) is 0 Å². The summed E-state index contributed by atoms with van der Waals surface area (Å²) in [4.78, 5) is 22.4. The Labute approximate surface area is 147 Å². The molecule has 0 spiro atoms. The van der Waals surface area contributed by atoms with Gasteiger partial charge in [0, 0.05) is 32.1 Å². The maximum Gasteiger partial charge on any atom is 0.276 e. The van der Waals surface area contributed by atoms with Gasteiger partial charge in [-0.1, -0.05) is 0 Å². The summed E-state index contributed by atoms with van der Waals surface area (Å²) in [5, 5.41) is 7.16. The number of nitrogens with one attached hydrogen (secondary N) is 1. The van der Waals surface area contributed by atoms with Gasteiger partial charge in [-0.2, -0.15) is 0 Å². The minimum Gasteiger partial charge on any atom is -0.355 e. The van der Waals surface area contributed by atoms with Crippen LogP contribution in [0.4, 0.5) is 20.3 Å². The summed E-state index contributed by atoms with van der Waals surface area (Å²) in [7, 11) is 0. The largest absolute Gasteiger partial charge is 0.355 e. The lowest BCUT2D eigenvalue weighted by atomic mass is 10.1. The number of alkyl halides is 2. The van der Waals surface area contributed by atoms with E-state index in [9.17, 15) is 13.6 Å². The summed E-state index contributed by atoms with van der Waals surface area (Å²) in [6, 6.07) is 6.89. The highest BCUT2D eigenvalue weighted by Gasteiger charge is 2.34. The lowest BCUT2D eigenvalue weighted by Crippen LogP contribution is -2.40. The Morgan fingerprint density at radius 2 is 1.96 bits per heavy atom. The maximum atomic E-state index is 13.4. The first kappa shape index (κ1) is 16.4. The molecule has 1 saturated heterocycles. The molecule has 3 aromatic heterocycles. The van der Waals surface area contributed by atoms with Crippen LogP contribution >= 0.6 is 0 Å². The van der Waals surface area contributed by atoms with Crippen molar-refractivity contribution in [2.45, 2.75) is 18.8 Å². The van der Waals surface area contributed by atoms with E-state index >= 15 is 0 Å². The van der Waals surface area contributed by atoms with Crippen LogP contribution in [0.1, 0.15) is 23.3 Å². The molecule has 9 heteroatoms. The molecule has 0 aliphatic carbocycles. The smallest absolute Gasteiger partial charge is 0.276 e. The number of anilines is 2.